The molecule has 0 spiro atoms. The van der Waals surface area contributed by atoms with Crippen LogP contribution in [0.2, 0.25) is 0 Å². The Balaban J connectivity index is 1.90. The third-order valence-electron chi connectivity index (χ3n) is 5.19. The number of aromatic nitrogens is 5. The molecule has 35 heavy (non-hydrogen) atoms. The summed E-state index contributed by atoms with van der Waals surface area (Å²) in [6.07, 6.45) is -0.306. The Bertz CT molecular complexity index is 1410. The van der Waals surface area contributed by atoms with Crippen LogP contribution in [0.4, 0.5) is 10.2 Å². The van der Waals surface area contributed by atoms with Crippen molar-refractivity contribution in [3.63, 3.8) is 0 Å². The number of aliphatic hydroxyl groups is 1. The van der Waals surface area contributed by atoms with Crippen molar-refractivity contribution in [2.24, 2.45) is 5.73 Å². The van der Waals surface area contributed by atoms with Crippen molar-refractivity contribution in [2.75, 3.05) is 12.3 Å². The minimum atomic E-state index is -1.27. The minimum absolute atomic E-state index is 0.0890. The number of benzene rings is 1. The number of ether oxygens (including phenoxy) is 1. The van der Waals surface area contributed by atoms with Gasteiger partial charge in [-0.3, -0.25) is 0 Å². The summed E-state index contributed by atoms with van der Waals surface area (Å²) in [5.74, 6) is 5.96. The standard InChI is InChI=1S/C24H26FN7O3/c1-4-32-17-13-19(34-18(10-12-26)14-7-5-6-8-15(14)25)28-16(9-11-24(2,3)33)20(17)29-23(32)21-22(27)31-35-30-21/h5-8,13,18,33H,4,10,12,26H2,1-3H3,(H2,27,31). The van der Waals surface area contributed by atoms with E-state index in [0.717, 1.165) is 0 Å². The van der Waals surface area contributed by atoms with Crippen molar-refractivity contribution in [3.8, 4) is 29.2 Å². The van der Waals surface area contributed by atoms with Crippen molar-refractivity contribution >= 4 is 16.9 Å². The molecule has 11 heteroatoms. The lowest BCUT2D eigenvalue weighted by Crippen LogP contribution is -2.16. The molecule has 182 valence electrons. The summed E-state index contributed by atoms with van der Waals surface area (Å²) in [5.41, 5.74) is 12.4. The molecule has 0 aliphatic carbocycles. The van der Waals surface area contributed by atoms with E-state index < -0.39 is 17.5 Å². The second kappa shape index (κ2) is 9.69. The van der Waals surface area contributed by atoms with Crippen molar-refractivity contribution in [1.29, 1.82) is 0 Å². The van der Waals surface area contributed by atoms with Crippen molar-refractivity contribution < 1.29 is 18.9 Å². The average molecular weight is 480 g/mol. The molecule has 10 nitrogen and oxygen atoms in total. The van der Waals surface area contributed by atoms with Gasteiger partial charge in [-0.1, -0.05) is 24.1 Å². The maximum atomic E-state index is 14.5. The van der Waals surface area contributed by atoms with E-state index in [-0.39, 0.29) is 29.6 Å². The SMILES string of the molecule is CCn1c(-c2nonc2N)nc2c(C#CC(C)(C)O)nc(OC(CCN)c3ccccc3F)cc21. The minimum Gasteiger partial charge on any atom is -0.469 e. The molecule has 4 rings (SSSR count). The van der Waals surface area contributed by atoms with Gasteiger partial charge in [0.1, 0.15) is 28.7 Å². The molecular weight excluding hydrogens is 453 g/mol. The number of aryl methyl sites for hydroxylation is 1. The number of fused-ring (bicyclic) bond motifs is 1. The first-order valence-electron chi connectivity index (χ1n) is 11.1. The average Bonchev–Trinajstić information content (AvgIpc) is 3.39. The third kappa shape index (κ3) is 5.08. The molecule has 1 atom stereocenters. The summed E-state index contributed by atoms with van der Waals surface area (Å²) in [4.78, 5) is 9.19. The molecule has 0 aliphatic rings. The van der Waals surface area contributed by atoms with Gasteiger partial charge in [0.15, 0.2) is 17.3 Å². The van der Waals surface area contributed by atoms with Gasteiger partial charge < -0.3 is 25.9 Å². The first-order valence-corrected chi connectivity index (χ1v) is 11.1. The highest BCUT2D eigenvalue weighted by Gasteiger charge is 2.23. The maximum Gasteiger partial charge on any atom is 0.217 e. The van der Waals surface area contributed by atoms with Gasteiger partial charge in [0.2, 0.25) is 5.88 Å². The van der Waals surface area contributed by atoms with Gasteiger partial charge in [-0.15, -0.1) is 0 Å². The predicted octanol–water partition coefficient (Wildman–Crippen LogP) is 2.81. The Labute approximate surface area is 201 Å². The zero-order chi connectivity index (χ0) is 25.2. The molecule has 5 N–H and O–H groups in total. The topological polar surface area (TPSA) is 151 Å². The number of anilines is 1. The lowest BCUT2D eigenvalue weighted by atomic mass is 10.1. The van der Waals surface area contributed by atoms with E-state index >= 15 is 0 Å². The second-order valence-electron chi connectivity index (χ2n) is 8.37. The Hall–Kier alpha value is -4.01. The van der Waals surface area contributed by atoms with Crippen molar-refractivity contribution in [3.05, 3.63) is 47.4 Å². The van der Waals surface area contributed by atoms with Crippen LogP contribution >= 0.6 is 0 Å². The fourth-order valence-electron chi connectivity index (χ4n) is 3.62. The number of hydrogen-bond donors (Lipinski definition) is 3. The van der Waals surface area contributed by atoms with Gasteiger partial charge in [0, 0.05) is 24.6 Å². The molecule has 1 unspecified atom stereocenters. The van der Waals surface area contributed by atoms with E-state index in [4.69, 9.17) is 20.8 Å². The number of nitrogens with zero attached hydrogens (tertiary/aromatic N) is 5. The lowest BCUT2D eigenvalue weighted by Gasteiger charge is -2.19. The van der Waals surface area contributed by atoms with Gasteiger partial charge in [0.05, 0.1) is 5.52 Å². The summed E-state index contributed by atoms with van der Waals surface area (Å²) in [6, 6.07) is 8.06. The summed E-state index contributed by atoms with van der Waals surface area (Å²) in [6.45, 7) is 5.82. The Morgan fingerprint density at radius 1 is 1.26 bits per heavy atom. The largest absolute Gasteiger partial charge is 0.469 e. The Morgan fingerprint density at radius 3 is 2.66 bits per heavy atom. The fraction of sp³-hybridized carbons (Fsp3) is 0.333. The summed E-state index contributed by atoms with van der Waals surface area (Å²) in [7, 11) is 0. The molecule has 0 amide bonds. The van der Waals surface area contributed by atoms with E-state index in [0.29, 0.717) is 35.4 Å². The number of imidazole rings is 1. The van der Waals surface area contributed by atoms with E-state index in [1.54, 1.807) is 38.1 Å². The fourth-order valence-corrected chi connectivity index (χ4v) is 3.62. The summed E-state index contributed by atoms with van der Waals surface area (Å²) < 4.78 is 27.3. The number of halogens is 1. The third-order valence-corrected chi connectivity index (χ3v) is 5.19. The number of pyridine rings is 1. The van der Waals surface area contributed by atoms with Crippen LogP contribution in [0.1, 0.15) is 44.6 Å². The second-order valence-corrected chi connectivity index (χ2v) is 8.37. The van der Waals surface area contributed by atoms with Gasteiger partial charge >= 0.3 is 0 Å². The molecule has 0 aliphatic heterocycles. The number of nitrogens with two attached hydrogens (primary N) is 2. The smallest absolute Gasteiger partial charge is 0.217 e. The first kappa shape index (κ1) is 24.1. The van der Waals surface area contributed by atoms with Gasteiger partial charge in [-0.05, 0) is 49.6 Å². The monoisotopic (exact) mass is 479 g/mol. The molecular formula is C24H26FN7O3. The maximum absolute atomic E-state index is 14.5. The zero-order valence-electron chi connectivity index (χ0n) is 19.6. The number of hydrogen-bond acceptors (Lipinski definition) is 9. The predicted molar refractivity (Wildman–Crippen MR) is 128 cm³/mol. The van der Waals surface area contributed by atoms with Crippen LogP contribution in [-0.4, -0.2) is 42.1 Å². The molecule has 3 aromatic heterocycles. The van der Waals surface area contributed by atoms with Crippen LogP contribution in [0, 0.1) is 17.7 Å². The number of rotatable bonds is 7. The van der Waals surface area contributed by atoms with E-state index in [2.05, 4.69) is 32.1 Å². The highest BCUT2D eigenvalue weighted by atomic mass is 19.1. The van der Waals surface area contributed by atoms with Crippen LogP contribution in [0.5, 0.6) is 5.88 Å². The van der Waals surface area contributed by atoms with Crippen LogP contribution in [-0.2, 0) is 6.54 Å². The van der Waals surface area contributed by atoms with E-state index in [9.17, 15) is 9.50 Å². The molecule has 4 aromatic rings. The number of nitrogen functional groups attached to an aromatic ring is 1. The van der Waals surface area contributed by atoms with Crippen LogP contribution in [0.3, 0.4) is 0 Å². The van der Waals surface area contributed by atoms with Crippen LogP contribution in [0.15, 0.2) is 35.0 Å². The Morgan fingerprint density at radius 2 is 2.03 bits per heavy atom. The van der Waals surface area contributed by atoms with Crippen molar-refractivity contribution in [2.45, 2.75) is 45.4 Å². The van der Waals surface area contributed by atoms with E-state index in [1.165, 1.54) is 6.07 Å². The molecule has 0 saturated heterocycles. The summed E-state index contributed by atoms with van der Waals surface area (Å²) in [5, 5.41) is 17.7. The van der Waals surface area contributed by atoms with E-state index in [1.807, 2.05) is 11.5 Å². The molecule has 3 heterocycles. The molecule has 0 fully saturated rings. The highest BCUT2D eigenvalue weighted by molar-refractivity contribution is 5.86. The highest BCUT2D eigenvalue weighted by Crippen LogP contribution is 2.32. The molecule has 1 aromatic carbocycles. The van der Waals surface area contributed by atoms with Gasteiger partial charge in [-0.2, -0.15) is 0 Å². The normalized spacial score (nSPS) is 12.4. The van der Waals surface area contributed by atoms with Crippen LogP contribution in [0.25, 0.3) is 22.6 Å². The molecule has 0 saturated carbocycles. The summed E-state index contributed by atoms with van der Waals surface area (Å²) >= 11 is 0. The Kier molecular flexibility index (Phi) is 6.68. The van der Waals surface area contributed by atoms with Crippen LogP contribution < -0.4 is 16.2 Å². The molecule has 0 radical (unpaired) electrons. The van der Waals surface area contributed by atoms with Gasteiger partial charge in [-0.25, -0.2) is 19.0 Å². The van der Waals surface area contributed by atoms with Crippen molar-refractivity contribution in [1.82, 2.24) is 24.8 Å². The quantitative estimate of drug-likeness (QED) is 0.340. The van der Waals surface area contributed by atoms with Gasteiger partial charge in [0.25, 0.3) is 0 Å². The molecule has 0 bridgehead atoms. The first-order chi connectivity index (χ1) is 16.7. The zero-order valence-corrected chi connectivity index (χ0v) is 19.6. The lowest BCUT2D eigenvalue weighted by molar-refractivity contribution is 0.143.